The standard InChI is InChI=1S/C15H14N2O4/c1-9-13(18)16-6-7-17(9)14(19)11-8-10-4-2-3-5-12(10)21-15(11)20/h2-5,8-9H,6-7H2,1H3,(H,16,18)/t9-/m1/s1. The maximum absolute atomic E-state index is 12.5. The molecule has 1 saturated heterocycles. The number of hydrogen-bond donors (Lipinski definition) is 1. The Morgan fingerprint density at radius 2 is 2.10 bits per heavy atom. The number of carbonyl (C=O) groups excluding carboxylic acids is 2. The van der Waals surface area contributed by atoms with E-state index in [2.05, 4.69) is 5.32 Å². The number of carbonyl (C=O) groups is 2. The van der Waals surface area contributed by atoms with Crippen LogP contribution in [-0.4, -0.2) is 35.8 Å². The van der Waals surface area contributed by atoms with Gasteiger partial charge in [0, 0.05) is 18.5 Å². The third-order valence-corrected chi connectivity index (χ3v) is 3.63. The molecule has 1 aromatic heterocycles. The highest BCUT2D eigenvalue weighted by atomic mass is 16.4. The molecule has 2 aromatic rings. The lowest BCUT2D eigenvalue weighted by atomic mass is 10.1. The Morgan fingerprint density at radius 3 is 2.90 bits per heavy atom. The van der Waals surface area contributed by atoms with Crippen molar-refractivity contribution < 1.29 is 14.0 Å². The molecule has 1 N–H and O–H groups in total. The normalized spacial score (nSPS) is 18.6. The van der Waals surface area contributed by atoms with Crippen LogP contribution in [0.15, 0.2) is 39.5 Å². The first-order valence-electron chi connectivity index (χ1n) is 6.69. The molecule has 3 rings (SSSR count). The van der Waals surface area contributed by atoms with E-state index in [1.165, 1.54) is 11.0 Å². The molecule has 2 heterocycles. The number of nitrogens with zero attached hydrogens (tertiary/aromatic N) is 1. The molecule has 1 fully saturated rings. The van der Waals surface area contributed by atoms with Crippen LogP contribution >= 0.6 is 0 Å². The van der Waals surface area contributed by atoms with E-state index in [0.29, 0.717) is 24.1 Å². The van der Waals surface area contributed by atoms with Crippen molar-refractivity contribution in [2.45, 2.75) is 13.0 Å². The summed E-state index contributed by atoms with van der Waals surface area (Å²) in [6.07, 6.45) is 0. The molecule has 0 spiro atoms. The van der Waals surface area contributed by atoms with Crippen LogP contribution in [0.1, 0.15) is 17.3 Å². The van der Waals surface area contributed by atoms with Crippen LogP contribution < -0.4 is 10.9 Å². The van der Waals surface area contributed by atoms with E-state index in [-0.39, 0.29) is 11.5 Å². The van der Waals surface area contributed by atoms with Gasteiger partial charge in [-0.15, -0.1) is 0 Å². The average molecular weight is 286 g/mol. The Morgan fingerprint density at radius 1 is 1.33 bits per heavy atom. The Kier molecular flexibility index (Phi) is 3.21. The minimum Gasteiger partial charge on any atom is -0.422 e. The van der Waals surface area contributed by atoms with Crippen LogP contribution in [0.3, 0.4) is 0 Å². The van der Waals surface area contributed by atoms with Crippen LogP contribution in [-0.2, 0) is 4.79 Å². The summed E-state index contributed by atoms with van der Waals surface area (Å²) in [7, 11) is 0. The van der Waals surface area contributed by atoms with Gasteiger partial charge in [0.1, 0.15) is 17.2 Å². The molecule has 0 bridgehead atoms. The van der Waals surface area contributed by atoms with Gasteiger partial charge in [0.15, 0.2) is 0 Å². The molecule has 0 aliphatic carbocycles. The smallest absolute Gasteiger partial charge is 0.349 e. The minimum atomic E-state index is -0.683. The maximum Gasteiger partial charge on any atom is 0.349 e. The minimum absolute atomic E-state index is 0.0461. The summed E-state index contributed by atoms with van der Waals surface area (Å²) in [5, 5.41) is 3.35. The van der Waals surface area contributed by atoms with Gasteiger partial charge in [0.25, 0.3) is 5.91 Å². The fraction of sp³-hybridized carbons (Fsp3) is 0.267. The zero-order valence-corrected chi connectivity index (χ0v) is 11.5. The summed E-state index contributed by atoms with van der Waals surface area (Å²) < 4.78 is 5.16. The topological polar surface area (TPSA) is 79.6 Å². The Labute approximate surface area is 120 Å². The van der Waals surface area contributed by atoms with Gasteiger partial charge in [0.05, 0.1) is 0 Å². The summed E-state index contributed by atoms with van der Waals surface area (Å²) >= 11 is 0. The van der Waals surface area contributed by atoms with Gasteiger partial charge < -0.3 is 14.6 Å². The quantitative estimate of drug-likeness (QED) is 0.785. The molecule has 0 radical (unpaired) electrons. The summed E-state index contributed by atoms with van der Waals surface area (Å²) in [5.41, 5.74) is -0.296. The largest absolute Gasteiger partial charge is 0.422 e. The first-order chi connectivity index (χ1) is 10.1. The molecule has 1 aromatic carbocycles. The average Bonchev–Trinajstić information content (AvgIpc) is 2.48. The highest BCUT2D eigenvalue weighted by Gasteiger charge is 2.31. The van der Waals surface area contributed by atoms with E-state index < -0.39 is 17.6 Å². The predicted octanol–water partition coefficient (Wildman–Crippen LogP) is 0.753. The Balaban J connectivity index is 2.03. The van der Waals surface area contributed by atoms with E-state index in [1.807, 2.05) is 0 Å². The van der Waals surface area contributed by atoms with Crippen molar-refractivity contribution in [1.29, 1.82) is 0 Å². The summed E-state index contributed by atoms with van der Waals surface area (Å²) in [6.45, 7) is 2.39. The molecule has 6 heteroatoms. The van der Waals surface area contributed by atoms with Gasteiger partial charge in [-0.1, -0.05) is 18.2 Å². The lowest BCUT2D eigenvalue weighted by Crippen LogP contribution is -2.56. The van der Waals surface area contributed by atoms with Gasteiger partial charge in [-0.25, -0.2) is 4.79 Å². The van der Waals surface area contributed by atoms with E-state index in [1.54, 1.807) is 31.2 Å². The lowest BCUT2D eigenvalue weighted by Gasteiger charge is -2.32. The fourth-order valence-corrected chi connectivity index (χ4v) is 2.43. The number of nitrogens with one attached hydrogen (secondary N) is 1. The zero-order valence-electron chi connectivity index (χ0n) is 11.5. The number of hydrogen-bond acceptors (Lipinski definition) is 4. The molecule has 2 amide bonds. The number of amides is 2. The zero-order chi connectivity index (χ0) is 15.0. The molecular weight excluding hydrogens is 272 g/mol. The number of para-hydroxylation sites is 1. The van der Waals surface area contributed by atoms with E-state index in [9.17, 15) is 14.4 Å². The van der Waals surface area contributed by atoms with Gasteiger partial charge in [-0.05, 0) is 19.1 Å². The number of rotatable bonds is 1. The van der Waals surface area contributed by atoms with E-state index in [4.69, 9.17) is 4.42 Å². The van der Waals surface area contributed by atoms with Gasteiger partial charge >= 0.3 is 5.63 Å². The lowest BCUT2D eigenvalue weighted by molar-refractivity contribution is -0.127. The van der Waals surface area contributed by atoms with Crippen molar-refractivity contribution in [3.63, 3.8) is 0 Å². The second kappa shape index (κ2) is 5.05. The molecule has 1 aliphatic rings. The van der Waals surface area contributed by atoms with Crippen molar-refractivity contribution >= 4 is 22.8 Å². The molecular formula is C15H14N2O4. The second-order valence-corrected chi connectivity index (χ2v) is 4.95. The van der Waals surface area contributed by atoms with Crippen LogP contribution in [0, 0.1) is 0 Å². The molecule has 0 saturated carbocycles. The number of piperazine rings is 1. The van der Waals surface area contributed by atoms with Crippen LogP contribution in [0.4, 0.5) is 0 Å². The highest BCUT2D eigenvalue weighted by molar-refractivity contribution is 5.99. The molecule has 21 heavy (non-hydrogen) atoms. The Hall–Kier alpha value is -2.63. The fourth-order valence-electron chi connectivity index (χ4n) is 2.43. The summed E-state index contributed by atoms with van der Waals surface area (Å²) in [5.74, 6) is -0.698. The Bertz CT molecular complexity index is 781. The van der Waals surface area contributed by atoms with Crippen LogP contribution in [0.25, 0.3) is 11.0 Å². The third-order valence-electron chi connectivity index (χ3n) is 3.63. The van der Waals surface area contributed by atoms with Crippen LogP contribution in [0.2, 0.25) is 0 Å². The van der Waals surface area contributed by atoms with E-state index in [0.717, 1.165) is 0 Å². The van der Waals surface area contributed by atoms with Gasteiger partial charge in [-0.3, -0.25) is 9.59 Å². The monoisotopic (exact) mass is 286 g/mol. The SMILES string of the molecule is C[C@@H]1C(=O)NCCN1C(=O)c1cc2ccccc2oc1=O. The second-order valence-electron chi connectivity index (χ2n) is 4.95. The number of benzene rings is 1. The molecule has 108 valence electrons. The van der Waals surface area contributed by atoms with Crippen molar-refractivity contribution in [1.82, 2.24) is 10.2 Å². The maximum atomic E-state index is 12.5. The highest BCUT2D eigenvalue weighted by Crippen LogP contribution is 2.15. The van der Waals surface area contributed by atoms with Gasteiger partial charge in [0.2, 0.25) is 5.91 Å². The van der Waals surface area contributed by atoms with Crippen molar-refractivity contribution in [3.05, 3.63) is 46.3 Å². The molecule has 6 nitrogen and oxygen atoms in total. The molecule has 1 atom stereocenters. The van der Waals surface area contributed by atoms with Crippen molar-refractivity contribution in [2.75, 3.05) is 13.1 Å². The predicted molar refractivity (Wildman–Crippen MR) is 76.0 cm³/mol. The first kappa shape index (κ1) is 13.4. The number of fused-ring (bicyclic) bond motifs is 1. The van der Waals surface area contributed by atoms with Crippen LogP contribution in [0.5, 0.6) is 0 Å². The van der Waals surface area contributed by atoms with Crippen molar-refractivity contribution in [3.8, 4) is 0 Å². The van der Waals surface area contributed by atoms with Gasteiger partial charge in [-0.2, -0.15) is 0 Å². The summed E-state index contributed by atoms with van der Waals surface area (Å²) in [4.78, 5) is 37.5. The molecule has 0 unspecified atom stereocenters. The van der Waals surface area contributed by atoms with Crippen molar-refractivity contribution in [2.24, 2.45) is 0 Å². The van der Waals surface area contributed by atoms with E-state index >= 15 is 0 Å². The third kappa shape index (κ3) is 2.29. The molecule has 1 aliphatic heterocycles. The summed E-state index contributed by atoms with van der Waals surface area (Å²) in [6, 6.07) is 7.90. The first-order valence-corrected chi connectivity index (χ1v) is 6.69.